The second-order valence-corrected chi connectivity index (χ2v) is 3.80. The number of alkyl halides is 3. The Morgan fingerprint density at radius 2 is 2.20 bits per heavy atom. The normalized spacial score (nSPS) is 20.7. The summed E-state index contributed by atoms with van der Waals surface area (Å²) in [6.07, 6.45) is -3.04. The number of aromatic nitrogens is 2. The largest absolute Gasteiger partial charge is 0.435 e. The second-order valence-electron chi connectivity index (χ2n) is 3.80. The van der Waals surface area contributed by atoms with E-state index >= 15 is 0 Å². The molecule has 1 heterocycles. The summed E-state index contributed by atoms with van der Waals surface area (Å²) >= 11 is 0. The molecule has 1 aliphatic rings. The van der Waals surface area contributed by atoms with Crippen molar-refractivity contribution in [1.29, 1.82) is 0 Å². The van der Waals surface area contributed by atoms with E-state index in [-0.39, 0.29) is 12.5 Å². The van der Waals surface area contributed by atoms with Gasteiger partial charge in [0.1, 0.15) is 0 Å². The Bertz CT molecular complexity index is 381. The molecule has 1 unspecified atom stereocenters. The Morgan fingerprint density at radius 1 is 1.53 bits per heavy atom. The molecule has 1 aromatic rings. The van der Waals surface area contributed by atoms with Gasteiger partial charge in [-0.25, -0.2) is 0 Å². The van der Waals surface area contributed by atoms with Crippen LogP contribution in [0.2, 0.25) is 0 Å². The fraction of sp³-hybridized carbons (Fsp3) is 0.667. The average molecular weight is 219 g/mol. The van der Waals surface area contributed by atoms with Crippen LogP contribution in [0.1, 0.15) is 29.3 Å². The number of hydrogen-bond acceptors (Lipinski definition) is 2. The van der Waals surface area contributed by atoms with Crippen LogP contribution in [0.4, 0.5) is 13.2 Å². The molecule has 6 heteroatoms. The molecule has 0 spiro atoms. The Kier molecular flexibility index (Phi) is 2.26. The number of rotatable bonds is 1. The summed E-state index contributed by atoms with van der Waals surface area (Å²) in [5.74, 6) is -0.190. The van der Waals surface area contributed by atoms with Crippen molar-refractivity contribution in [3.05, 3.63) is 17.0 Å². The van der Waals surface area contributed by atoms with E-state index in [0.717, 1.165) is 0 Å². The van der Waals surface area contributed by atoms with E-state index in [4.69, 9.17) is 5.73 Å². The van der Waals surface area contributed by atoms with Crippen LogP contribution in [0.25, 0.3) is 0 Å². The van der Waals surface area contributed by atoms with E-state index < -0.39 is 11.9 Å². The molecule has 1 aromatic heterocycles. The molecule has 15 heavy (non-hydrogen) atoms. The van der Waals surface area contributed by atoms with E-state index in [1.165, 1.54) is 4.68 Å². The SMILES string of the molecule is Cn1nc(C(F)(F)F)c2c1CCC2CN. The van der Waals surface area contributed by atoms with Gasteiger partial charge in [0.25, 0.3) is 0 Å². The van der Waals surface area contributed by atoms with Crippen LogP contribution in [-0.2, 0) is 19.6 Å². The van der Waals surface area contributed by atoms with Gasteiger partial charge in [-0.3, -0.25) is 4.68 Å². The Hall–Kier alpha value is -1.04. The highest BCUT2D eigenvalue weighted by molar-refractivity contribution is 5.36. The lowest BCUT2D eigenvalue weighted by Gasteiger charge is -2.10. The van der Waals surface area contributed by atoms with Gasteiger partial charge >= 0.3 is 6.18 Å². The van der Waals surface area contributed by atoms with Crippen molar-refractivity contribution in [3.8, 4) is 0 Å². The van der Waals surface area contributed by atoms with Crippen molar-refractivity contribution in [3.63, 3.8) is 0 Å². The summed E-state index contributed by atoms with van der Waals surface area (Å²) in [6.45, 7) is 0.252. The molecule has 2 rings (SSSR count). The summed E-state index contributed by atoms with van der Waals surface area (Å²) < 4.78 is 39.3. The molecule has 3 nitrogen and oxygen atoms in total. The predicted molar refractivity (Wildman–Crippen MR) is 48.3 cm³/mol. The Morgan fingerprint density at radius 3 is 2.73 bits per heavy atom. The highest BCUT2D eigenvalue weighted by Crippen LogP contribution is 2.41. The van der Waals surface area contributed by atoms with E-state index in [0.29, 0.717) is 24.1 Å². The Labute approximate surface area is 85.1 Å². The molecule has 1 aliphatic carbocycles. The van der Waals surface area contributed by atoms with Gasteiger partial charge in [0.05, 0.1) is 0 Å². The highest BCUT2D eigenvalue weighted by atomic mass is 19.4. The van der Waals surface area contributed by atoms with Crippen molar-refractivity contribution >= 4 is 0 Å². The van der Waals surface area contributed by atoms with Gasteiger partial charge < -0.3 is 5.73 Å². The minimum Gasteiger partial charge on any atom is -0.330 e. The third-order valence-electron chi connectivity index (χ3n) is 2.90. The first-order chi connectivity index (χ1) is 6.95. The summed E-state index contributed by atoms with van der Waals surface area (Å²) in [5.41, 5.74) is 5.70. The fourth-order valence-corrected chi connectivity index (χ4v) is 2.20. The molecule has 84 valence electrons. The predicted octanol–water partition coefficient (Wildman–Crippen LogP) is 1.43. The fourth-order valence-electron chi connectivity index (χ4n) is 2.20. The molecule has 0 saturated heterocycles. The molecule has 2 N–H and O–H groups in total. The smallest absolute Gasteiger partial charge is 0.330 e. The molecular weight excluding hydrogens is 207 g/mol. The van der Waals surface area contributed by atoms with Gasteiger partial charge in [-0.1, -0.05) is 0 Å². The highest BCUT2D eigenvalue weighted by Gasteiger charge is 2.42. The summed E-state index contributed by atoms with van der Waals surface area (Å²) in [5, 5.41) is 3.54. The first kappa shape index (κ1) is 10.5. The van der Waals surface area contributed by atoms with E-state index in [1.807, 2.05) is 0 Å². The Balaban J connectivity index is 2.54. The maximum absolute atomic E-state index is 12.6. The maximum Gasteiger partial charge on any atom is 0.435 e. The molecular formula is C9H12F3N3. The first-order valence-electron chi connectivity index (χ1n) is 4.78. The van der Waals surface area contributed by atoms with Crippen LogP contribution in [0.3, 0.4) is 0 Å². The minimum atomic E-state index is -4.37. The quantitative estimate of drug-likeness (QED) is 0.776. The standard InChI is InChI=1S/C9H12F3N3/c1-15-6-3-2-5(4-13)7(6)8(14-15)9(10,11)12/h5H,2-4,13H2,1H3. The van der Waals surface area contributed by atoms with E-state index in [1.54, 1.807) is 7.05 Å². The van der Waals surface area contributed by atoms with Crippen molar-refractivity contribution in [1.82, 2.24) is 9.78 Å². The zero-order valence-corrected chi connectivity index (χ0v) is 8.30. The lowest BCUT2D eigenvalue weighted by atomic mass is 10.0. The molecule has 0 amide bonds. The van der Waals surface area contributed by atoms with Crippen molar-refractivity contribution in [2.75, 3.05) is 6.54 Å². The number of aryl methyl sites for hydroxylation is 1. The third kappa shape index (κ3) is 1.52. The first-order valence-corrected chi connectivity index (χ1v) is 4.78. The molecule has 0 bridgehead atoms. The van der Waals surface area contributed by atoms with Gasteiger partial charge in [-0.05, 0) is 19.4 Å². The zero-order valence-electron chi connectivity index (χ0n) is 8.30. The van der Waals surface area contributed by atoms with Crippen LogP contribution >= 0.6 is 0 Å². The van der Waals surface area contributed by atoms with Crippen molar-refractivity contribution in [2.45, 2.75) is 24.9 Å². The number of nitrogens with two attached hydrogens (primary N) is 1. The number of fused-ring (bicyclic) bond motifs is 1. The third-order valence-corrected chi connectivity index (χ3v) is 2.90. The maximum atomic E-state index is 12.6. The average Bonchev–Trinajstić information content (AvgIpc) is 2.65. The summed E-state index contributed by atoms with van der Waals surface area (Å²) in [6, 6.07) is 0. The van der Waals surface area contributed by atoms with Crippen LogP contribution in [0.5, 0.6) is 0 Å². The van der Waals surface area contributed by atoms with Crippen molar-refractivity contribution in [2.24, 2.45) is 12.8 Å². The van der Waals surface area contributed by atoms with Gasteiger partial charge in [-0.2, -0.15) is 18.3 Å². The lowest BCUT2D eigenvalue weighted by Crippen LogP contribution is -2.15. The van der Waals surface area contributed by atoms with Crippen LogP contribution in [0, 0.1) is 0 Å². The van der Waals surface area contributed by atoms with Crippen LogP contribution in [-0.4, -0.2) is 16.3 Å². The summed E-state index contributed by atoms with van der Waals surface area (Å²) in [4.78, 5) is 0. The number of halogens is 3. The van der Waals surface area contributed by atoms with E-state index in [2.05, 4.69) is 5.10 Å². The second kappa shape index (κ2) is 3.23. The molecule has 1 atom stereocenters. The molecule has 0 aromatic carbocycles. The molecule has 0 aliphatic heterocycles. The minimum absolute atomic E-state index is 0.190. The van der Waals surface area contributed by atoms with Crippen LogP contribution in [0.15, 0.2) is 0 Å². The topological polar surface area (TPSA) is 43.8 Å². The van der Waals surface area contributed by atoms with E-state index in [9.17, 15) is 13.2 Å². The zero-order chi connectivity index (χ0) is 11.2. The lowest BCUT2D eigenvalue weighted by molar-refractivity contribution is -0.142. The molecule has 0 radical (unpaired) electrons. The monoisotopic (exact) mass is 219 g/mol. The van der Waals surface area contributed by atoms with Gasteiger partial charge in [0.15, 0.2) is 5.69 Å². The number of hydrogen-bond donors (Lipinski definition) is 1. The van der Waals surface area contributed by atoms with Gasteiger partial charge in [0, 0.05) is 24.2 Å². The molecule has 0 saturated carbocycles. The van der Waals surface area contributed by atoms with Crippen LogP contribution < -0.4 is 5.73 Å². The summed E-state index contributed by atoms with van der Waals surface area (Å²) in [7, 11) is 1.55. The van der Waals surface area contributed by atoms with Gasteiger partial charge in [-0.15, -0.1) is 0 Å². The molecule has 0 fully saturated rings. The van der Waals surface area contributed by atoms with Gasteiger partial charge in [0.2, 0.25) is 0 Å². The number of nitrogens with zero attached hydrogens (tertiary/aromatic N) is 2. The van der Waals surface area contributed by atoms with Crippen molar-refractivity contribution < 1.29 is 13.2 Å².